The second-order valence-corrected chi connectivity index (χ2v) is 11.4. The number of likely N-dealkylation sites (tertiary alicyclic amines) is 1. The van der Waals surface area contributed by atoms with Gasteiger partial charge in [-0.15, -0.1) is 0 Å². The molecule has 0 atom stereocenters. The maximum atomic E-state index is 6.34. The van der Waals surface area contributed by atoms with Gasteiger partial charge in [-0.05, 0) is 85.3 Å². The van der Waals surface area contributed by atoms with Crippen LogP contribution < -0.4 is 11.1 Å². The average Bonchev–Trinajstić information content (AvgIpc) is 3.41. The number of hydrogen-bond acceptors (Lipinski definition) is 6. The molecule has 3 aromatic heterocycles. The SMILES string of the molecule is CC.CCc1ccc(-c2ccc3nc(-c4cccnc4N)n(-c4ccc(CN5CC6(CCNCC6)C5)cc4)c3n2)cc1. The standard InChI is InChI=1S/C33H35N7.C2H6/c1-2-23-5-9-25(10-6-23)28-13-14-29-32(37-28)40(31(38-29)27-4-3-17-36-30(27)34)26-11-7-24(8-12-26)20-39-21-33(22-39)15-18-35-19-16-33;1-2/h3-14,17,35H,2,15-16,18-22H2,1H3,(H2,34,36);1-2H3. The topological polar surface area (TPSA) is 84.9 Å². The van der Waals surface area contributed by atoms with Crippen LogP contribution in [-0.2, 0) is 13.0 Å². The molecule has 5 aromatic rings. The van der Waals surface area contributed by atoms with Crippen LogP contribution in [0.5, 0.6) is 0 Å². The molecular weight excluding hydrogens is 518 g/mol. The molecule has 42 heavy (non-hydrogen) atoms. The Morgan fingerprint density at radius 2 is 1.57 bits per heavy atom. The Hall–Kier alpha value is -4.07. The lowest BCUT2D eigenvalue weighted by atomic mass is 9.72. The first-order valence-corrected chi connectivity index (χ1v) is 15.3. The largest absolute Gasteiger partial charge is 0.383 e. The zero-order valence-corrected chi connectivity index (χ0v) is 25.0. The highest BCUT2D eigenvalue weighted by Crippen LogP contribution is 2.39. The van der Waals surface area contributed by atoms with E-state index in [0.717, 1.165) is 65.6 Å². The Balaban J connectivity index is 0.00000155. The molecular formula is C35H41N7. The molecule has 0 radical (unpaired) electrons. The molecule has 216 valence electrons. The van der Waals surface area contributed by atoms with Crippen LogP contribution in [0.15, 0.2) is 79.0 Å². The summed E-state index contributed by atoms with van der Waals surface area (Å²) in [6, 6.07) is 25.4. The Bertz CT molecular complexity index is 1640. The second-order valence-electron chi connectivity index (χ2n) is 11.4. The van der Waals surface area contributed by atoms with Crippen LogP contribution >= 0.6 is 0 Å². The molecule has 2 aliphatic heterocycles. The third-order valence-corrected chi connectivity index (χ3v) is 8.62. The molecule has 5 heterocycles. The summed E-state index contributed by atoms with van der Waals surface area (Å²) in [5.41, 5.74) is 15.0. The Morgan fingerprint density at radius 1 is 0.857 bits per heavy atom. The number of imidazole rings is 1. The normalized spacial score (nSPS) is 16.2. The summed E-state index contributed by atoms with van der Waals surface area (Å²) in [7, 11) is 0. The molecule has 0 unspecified atom stereocenters. The van der Waals surface area contributed by atoms with Crippen LogP contribution in [0.2, 0.25) is 0 Å². The van der Waals surface area contributed by atoms with Gasteiger partial charge in [0, 0.05) is 37.1 Å². The van der Waals surface area contributed by atoms with Crippen molar-refractivity contribution in [2.45, 2.75) is 46.6 Å². The van der Waals surface area contributed by atoms with E-state index in [1.807, 2.05) is 38.1 Å². The van der Waals surface area contributed by atoms with Crippen LogP contribution in [0.25, 0.3) is 39.5 Å². The van der Waals surface area contributed by atoms with Gasteiger partial charge in [0.1, 0.15) is 11.3 Å². The van der Waals surface area contributed by atoms with Gasteiger partial charge in [-0.2, -0.15) is 0 Å². The summed E-state index contributed by atoms with van der Waals surface area (Å²) < 4.78 is 2.12. The van der Waals surface area contributed by atoms with Gasteiger partial charge < -0.3 is 11.1 Å². The highest BCUT2D eigenvalue weighted by atomic mass is 15.2. The molecule has 0 aliphatic carbocycles. The quantitative estimate of drug-likeness (QED) is 0.247. The minimum Gasteiger partial charge on any atom is -0.383 e. The summed E-state index contributed by atoms with van der Waals surface area (Å²) in [5.74, 6) is 1.20. The third kappa shape index (κ3) is 5.42. The number of nitrogens with zero attached hydrogens (tertiary/aromatic N) is 5. The highest BCUT2D eigenvalue weighted by molar-refractivity contribution is 5.84. The highest BCUT2D eigenvalue weighted by Gasteiger charge is 2.42. The summed E-state index contributed by atoms with van der Waals surface area (Å²) in [5, 5.41) is 3.50. The molecule has 2 aromatic carbocycles. The van der Waals surface area contributed by atoms with Crippen molar-refractivity contribution in [1.82, 2.24) is 29.7 Å². The average molecular weight is 560 g/mol. The Kier molecular flexibility index (Phi) is 8.05. The van der Waals surface area contributed by atoms with E-state index in [4.69, 9.17) is 15.7 Å². The smallest absolute Gasteiger partial charge is 0.165 e. The number of pyridine rings is 2. The zero-order valence-electron chi connectivity index (χ0n) is 25.0. The van der Waals surface area contributed by atoms with Gasteiger partial charge in [0.15, 0.2) is 11.5 Å². The predicted molar refractivity (Wildman–Crippen MR) is 172 cm³/mol. The van der Waals surface area contributed by atoms with Gasteiger partial charge in [0.25, 0.3) is 0 Å². The molecule has 7 heteroatoms. The van der Waals surface area contributed by atoms with Crippen molar-refractivity contribution in [2.75, 3.05) is 31.9 Å². The van der Waals surface area contributed by atoms with Gasteiger partial charge in [-0.1, -0.05) is 57.2 Å². The van der Waals surface area contributed by atoms with Crippen molar-refractivity contribution in [3.05, 3.63) is 90.1 Å². The van der Waals surface area contributed by atoms with Gasteiger partial charge in [-0.25, -0.2) is 15.0 Å². The molecule has 7 nitrogen and oxygen atoms in total. The summed E-state index contributed by atoms with van der Waals surface area (Å²) in [6.45, 7) is 11.9. The number of nitrogens with one attached hydrogen (secondary N) is 1. The Labute approximate surface area is 248 Å². The van der Waals surface area contributed by atoms with Crippen molar-refractivity contribution < 1.29 is 0 Å². The minimum absolute atomic E-state index is 0.454. The van der Waals surface area contributed by atoms with E-state index < -0.39 is 0 Å². The monoisotopic (exact) mass is 559 g/mol. The molecule has 7 rings (SSSR count). The first kappa shape index (κ1) is 28.1. The number of piperidine rings is 1. The maximum absolute atomic E-state index is 6.34. The number of fused-ring (bicyclic) bond motifs is 1. The number of nitrogens with two attached hydrogens (primary N) is 1. The molecule has 3 N–H and O–H groups in total. The lowest BCUT2D eigenvalue weighted by Gasteiger charge is -2.52. The first-order valence-electron chi connectivity index (χ1n) is 15.3. The second kappa shape index (κ2) is 12.0. The van der Waals surface area contributed by atoms with Crippen LogP contribution in [0, 0.1) is 5.41 Å². The predicted octanol–water partition coefficient (Wildman–Crippen LogP) is 6.51. The number of anilines is 1. The Morgan fingerprint density at radius 3 is 2.26 bits per heavy atom. The number of hydrogen-bond donors (Lipinski definition) is 2. The van der Waals surface area contributed by atoms with Crippen LogP contribution in [0.1, 0.15) is 44.7 Å². The number of rotatable bonds is 6. The summed E-state index contributed by atoms with van der Waals surface area (Å²) in [4.78, 5) is 17.0. The lowest BCUT2D eigenvalue weighted by molar-refractivity contribution is -0.0282. The van der Waals surface area contributed by atoms with E-state index in [1.165, 1.54) is 37.1 Å². The van der Waals surface area contributed by atoms with E-state index in [-0.39, 0.29) is 0 Å². The van der Waals surface area contributed by atoms with Crippen molar-refractivity contribution in [3.63, 3.8) is 0 Å². The van der Waals surface area contributed by atoms with Crippen molar-refractivity contribution >= 4 is 17.0 Å². The van der Waals surface area contributed by atoms with E-state index in [9.17, 15) is 0 Å². The number of aryl methyl sites for hydroxylation is 1. The minimum atomic E-state index is 0.454. The van der Waals surface area contributed by atoms with Crippen molar-refractivity contribution in [1.29, 1.82) is 0 Å². The van der Waals surface area contributed by atoms with Gasteiger partial charge >= 0.3 is 0 Å². The fourth-order valence-corrected chi connectivity index (χ4v) is 6.36. The number of nitrogen functional groups attached to an aromatic ring is 1. The summed E-state index contributed by atoms with van der Waals surface area (Å²) in [6.07, 6.45) is 5.32. The molecule has 2 saturated heterocycles. The summed E-state index contributed by atoms with van der Waals surface area (Å²) >= 11 is 0. The molecule has 2 fully saturated rings. The molecule has 0 amide bonds. The number of benzene rings is 2. The van der Waals surface area contributed by atoms with Crippen LogP contribution in [0.4, 0.5) is 5.82 Å². The van der Waals surface area contributed by atoms with Gasteiger partial charge in [-0.3, -0.25) is 9.47 Å². The molecule has 0 saturated carbocycles. The van der Waals surface area contributed by atoms with Gasteiger partial charge in [0.05, 0.1) is 11.3 Å². The fourth-order valence-electron chi connectivity index (χ4n) is 6.36. The number of aromatic nitrogens is 4. The molecule has 1 spiro atoms. The zero-order chi connectivity index (χ0) is 29.1. The van der Waals surface area contributed by atoms with Gasteiger partial charge in [0.2, 0.25) is 0 Å². The van der Waals surface area contributed by atoms with Crippen molar-refractivity contribution in [3.8, 4) is 28.3 Å². The van der Waals surface area contributed by atoms with E-state index >= 15 is 0 Å². The third-order valence-electron chi connectivity index (χ3n) is 8.62. The first-order chi connectivity index (χ1) is 20.6. The molecule has 2 aliphatic rings. The van der Waals surface area contributed by atoms with Crippen molar-refractivity contribution in [2.24, 2.45) is 5.41 Å². The van der Waals surface area contributed by atoms with E-state index in [0.29, 0.717) is 11.2 Å². The van der Waals surface area contributed by atoms with Crippen LogP contribution in [0.3, 0.4) is 0 Å². The van der Waals surface area contributed by atoms with E-state index in [1.54, 1.807) is 6.20 Å². The van der Waals surface area contributed by atoms with E-state index in [2.05, 4.69) is 75.2 Å². The molecule has 0 bridgehead atoms. The maximum Gasteiger partial charge on any atom is 0.165 e. The fraction of sp³-hybridized carbons (Fsp3) is 0.343. The lowest BCUT2D eigenvalue weighted by Crippen LogP contribution is -2.59. The van der Waals surface area contributed by atoms with Crippen LogP contribution in [-0.4, -0.2) is 50.6 Å².